The van der Waals surface area contributed by atoms with E-state index in [0.29, 0.717) is 22.7 Å². The molecule has 0 atom stereocenters. The molecular formula is C22H24F2N4O2. The first kappa shape index (κ1) is 20.4. The van der Waals surface area contributed by atoms with Gasteiger partial charge in [0.2, 0.25) is 0 Å². The molecule has 6 nitrogen and oxygen atoms in total. The fourth-order valence-electron chi connectivity index (χ4n) is 3.66. The first-order chi connectivity index (χ1) is 14.1. The maximum absolute atomic E-state index is 13.6. The van der Waals surface area contributed by atoms with Crippen molar-refractivity contribution in [2.45, 2.75) is 44.6 Å². The van der Waals surface area contributed by atoms with Crippen molar-refractivity contribution in [3.05, 3.63) is 59.4 Å². The van der Waals surface area contributed by atoms with E-state index in [1.54, 1.807) is 61.0 Å². The van der Waals surface area contributed by atoms with Crippen LogP contribution >= 0.6 is 0 Å². The van der Waals surface area contributed by atoms with Crippen LogP contribution in [0.2, 0.25) is 0 Å². The highest BCUT2D eigenvalue weighted by atomic mass is 19.3. The summed E-state index contributed by atoms with van der Waals surface area (Å²) in [4.78, 5) is 19.2. The van der Waals surface area contributed by atoms with Gasteiger partial charge in [0.25, 0.3) is 5.92 Å². The molecule has 2 aromatic heterocycles. The van der Waals surface area contributed by atoms with Gasteiger partial charge in [-0.2, -0.15) is 9.61 Å². The van der Waals surface area contributed by atoms with Crippen LogP contribution in [0.25, 0.3) is 5.65 Å². The molecule has 0 spiro atoms. The van der Waals surface area contributed by atoms with Crippen LogP contribution in [0.15, 0.2) is 42.6 Å². The minimum Gasteiger partial charge on any atom is -0.386 e. The molecule has 158 valence electrons. The number of benzene rings is 1. The zero-order valence-corrected chi connectivity index (χ0v) is 17.0. The van der Waals surface area contributed by atoms with Crippen LogP contribution in [0.5, 0.6) is 0 Å². The van der Waals surface area contributed by atoms with Gasteiger partial charge in [-0.05, 0) is 19.4 Å². The molecule has 0 bridgehead atoms. The molecule has 1 aromatic carbocycles. The highest BCUT2D eigenvalue weighted by molar-refractivity contribution is 5.97. The summed E-state index contributed by atoms with van der Waals surface area (Å²) >= 11 is 0. The average molecular weight is 414 g/mol. The first-order valence-electron chi connectivity index (χ1n) is 9.95. The predicted octanol–water partition coefficient (Wildman–Crippen LogP) is 3.62. The largest absolute Gasteiger partial charge is 0.386 e. The van der Waals surface area contributed by atoms with E-state index >= 15 is 0 Å². The second-order valence-corrected chi connectivity index (χ2v) is 8.29. The van der Waals surface area contributed by atoms with Crippen molar-refractivity contribution in [3.8, 4) is 0 Å². The summed E-state index contributed by atoms with van der Waals surface area (Å²) in [6, 6.07) is 10.3. The SMILES string of the molecule is CC(C)(O)c1ccc(C(=O)Cc2cc(N3CCC(F)(F)CC3)n3nccc3n2)cc1. The topological polar surface area (TPSA) is 70.7 Å². The molecule has 1 aliphatic rings. The molecule has 1 N–H and O–H groups in total. The molecule has 3 aromatic rings. The molecule has 30 heavy (non-hydrogen) atoms. The van der Waals surface area contributed by atoms with Gasteiger partial charge in [0.15, 0.2) is 11.4 Å². The number of anilines is 1. The molecule has 0 unspecified atom stereocenters. The number of aromatic nitrogens is 3. The average Bonchev–Trinajstić information content (AvgIpc) is 3.15. The molecular weight excluding hydrogens is 390 g/mol. The van der Waals surface area contributed by atoms with Crippen LogP contribution in [0, 0.1) is 0 Å². The van der Waals surface area contributed by atoms with E-state index in [-0.39, 0.29) is 38.1 Å². The van der Waals surface area contributed by atoms with Crippen molar-refractivity contribution in [1.29, 1.82) is 0 Å². The van der Waals surface area contributed by atoms with E-state index in [1.807, 2.05) is 4.90 Å². The highest BCUT2D eigenvalue weighted by Crippen LogP contribution is 2.31. The van der Waals surface area contributed by atoms with E-state index in [9.17, 15) is 18.7 Å². The Morgan fingerprint density at radius 2 is 1.83 bits per heavy atom. The zero-order valence-electron chi connectivity index (χ0n) is 17.0. The van der Waals surface area contributed by atoms with Crippen molar-refractivity contribution in [3.63, 3.8) is 0 Å². The monoisotopic (exact) mass is 414 g/mol. The van der Waals surface area contributed by atoms with Gasteiger partial charge in [0.05, 0.1) is 23.9 Å². The lowest BCUT2D eigenvalue weighted by molar-refractivity contribution is -0.0222. The number of Topliss-reactive ketones (excluding diaryl/α,β-unsaturated/α-hetero) is 1. The minimum absolute atomic E-state index is 0.0839. The van der Waals surface area contributed by atoms with Crippen LogP contribution in [-0.4, -0.2) is 44.5 Å². The molecule has 1 saturated heterocycles. The van der Waals surface area contributed by atoms with Gasteiger partial charge >= 0.3 is 0 Å². The Balaban J connectivity index is 1.58. The lowest BCUT2D eigenvalue weighted by Gasteiger charge is -2.33. The van der Waals surface area contributed by atoms with Gasteiger partial charge in [-0.25, -0.2) is 13.8 Å². The van der Waals surface area contributed by atoms with Gasteiger partial charge < -0.3 is 10.0 Å². The van der Waals surface area contributed by atoms with Gasteiger partial charge in [0, 0.05) is 43.6 Å². The summed E-state index contributed by atoms with van der Waals surface area (Å²) in [7, 11) is 0. The number of halogens is 2. The van der Waals surface area contributed by atoms with Crippen LogP contribution in [0.4, 0.5) is 14.6 Å². The second kappa shape index (κ2) is 7.43. The normalized spacial score (nSPS) is 16.8. The van der Waals surface area contributed by atoms with Crippen molar-refractivity contribution in [2.24, 2.45) is 0 Å². The summed E-state index contributed by atoms with van der Waals surface area (Å²) in [6.45, 7) is 3.81. The number of carbonyl (C=O) groups excluding carboxylic acids is 1. The fraction of sp³-hybridized carbons (Fsp3) is 0.409. The van der Waals surface area contributed by atoms with Crippen LogP contribution in [-0.2, 0) is 12.0 Å². The van der Waals surface area contributed by atoms with E-state index < -0.39 is 11.5 Å². The maximum atomic E-state index is 13.6. The lowest BCUT2D eigenvalue weighted by atomic mass is 9.96. The Morgan fingerprint density at radius 1 is 1.17 bits per heavy atom. The first-order valence-corrected chi connectivity index (χ1v) is 9.95. The van der Waals surface area contributed by atoms with Gasteiger partial charge in [-0.1, -0.05) is 24.3 Å². The van der Waals surface area contributed by atoms with E-state index in [0.717, 1.165) is 5.56 Å². The van der Waals surface area contributed by atoms with Crippen LogP contribution < -0.4 is 4.90 Å². The molecule has 4 rings (SSSR count). The third-order valence-corrected chi connectivity index (χ3v) is 5.47. The molecule has 0 aliphatic carbocycles. The van der Waals surface area contributed by atoms with Crippen molar-refractivity contribution in [1.82, 2.24) is 14.6 Å². The lowest BCUT2D eigenvalue weighted by Crippen LogP contribution is -2.40. The Labute approximate surface area is 173 Å². The maximum Gasteiger partial charge on any atom is 0.251 e. The number of piperidine rings is 1. The van der Waals surface area contributed by atoms with E-state index in [2.05, 4.69) is 10.1 Å². The number of hydrogen-bond donors (Lipinski definition) is 1. The second-order valence-electron chi connectivity index (χ2n) is 8.29. The van der Waals surface area contributed by atoms with Crippen molar-refractivity contribution >= 4 is 17.2 Å². The smallest absolute Gasteiger partial charge is 0.251 e. The summed E-state index contributed by atoms with van der Waals surface area (Å²) in [5, 5.41) is 14.3. The zero-order chi connectivity index (χ0) is 21.5. The Bertz CT molecular complexity index is 1060. The minimum atomic E-state index is -2.64. The number of aliphatic hydroxyl groups is 1. The Morgan fingerprint density at radius 3 is 2.47 bits per heavy atom. The molecule has 0 amide bonds. The quantitative estimate of drug-likeness (QED) is 0.646. The number of rotatable bonds is 5. The standard InChI is InChI=1S/C22H24F2N4O2/c1-21(2,30)16-5-3-15(4-6-16)18(29)13-17-14-20(28-19(26-17)7-10-25-28)27-11-8-22(23,24)9-12-27/h3-7,10,14,30H,8-9,11-13H2,1-2H3. The number of hydrogen-bond acceptors (Lipinski definition) is 5. The fourth-order valence-corrected chi connectivity index (χ4v) is 3.66. The van der Waals surface area contributed by atoms with Gasteiger partial charge in [-0.15, -0.1) is 0 Å². The van der Waals surface area contributed by atoms with E-state index in [1.165, 1.54) is 0 Å². The van der Waals surface area contributed by atoms with Crippen molar-refractivity contribution in [2.75, 3.05) is 18.0 Å². The molecule has 0 saturated carbocycles. The Hall–Kier alpha value is -2.87. The summed E-state index contributed by atoms with van der Waals surface area (Å²) < 4.78 is 28.8. The summed E-state index contributed by atoms with van der Waals surface area (Å²) in [5.74, 6) is -2.08. The number of nitrogens with zero attached hydrogens (tertiary/aromatic N) is 4. The molecule has 1 aliphatic heterocycles. The Kier molecular flexibility index (Phi) is 5.05. The van der Waals surface area contributed by atoms with Gasteiger partial charge in [-0.3, -0.25) is 4.79 Å². The number of ketones is 1. The molecule has 8 heteroatoms. The summed E-state index contributed by atoms with van der Waals surface area (Å²) in [5.41, 5.74) is 1.41. The third kappa shape index (κ3) is 4.18. The van der Waals surface area contributed by atoms with Crippen molar-refractivity contribution < 1.29 is 18.7 Å². The van der Waals surface area contributed by atoms with Crippen LogP contribution in [0.3, 0.4) is 0 Å². The molecule has 1 fully saturated rings. The molecule has 0 radical (unpaired) electrons. The number of alkyl halides is 2. The number of fused-ring (bicyclic) bond motifs is 1. The number of carbonyl (C=O) groups is 1. The van der Waals surface area contributed by atoms with E-state index in [4.69, 9.17) is 0 Å². The molecule has 3 heterocycles. The predicted molar refractivity (Wildman–Crippen MR) is 109 cm³/mol. The third-order valence-electron chi connectivity index (χ3n) is 5.47. The van der Waals surface area contributed by atoms with Gasteiger partial charge in [0.1, 0.15) is 5.82 Å². The highest BCUT2D eigenvalue weighted by Gasteiger charge is 2.35. The summed E-state index contributed by atoms with van der Waals surface area (Å²) in [6.07, 6.45) is 1.27. The van der Waals surface area contributed by atoms with Crippen LogP contribution in [0.1, 0.15) is 48.3 Å².